The number of rotatable bonds is 4. The lowest BCUT2D eigenvalue weighted by atomic mass is 10.2. The Morgan fingerprint density at radius 1 is 1.20 bits per heavy atom. The Morgan fingerprint density at radius 3 is 2.68 bits per heavy atom. The van der Waals surface area contributed by atoms with Gasteiger partial charge in [-0.1, -0.05) is 36.4 Å². The average molecular weight is 333 g/mol. The van der Waals surface area contributed by atoms with Crippen LogP contribution in [0, 0.1) is 6.92 Å². The van der Waals surface area contributed by atoms with Crippen LogP contribution < -0.4 is 5.56 Å². The summed E-state index contributed by atoms with van der Waals surface area (Å²) in [5.41, 5.74) is 2.38. The summed E-state index contributed by atoms with van der Waals surface area (Å²) >= 11 is 0. The smallest absolute Gasteiger partial charge is 0.270 e. The molecule has 0 atom stereocenters. The van der Waals surface area contributed by atoms with Crippen LogP contribution >= 0.6 is 0 Å². The van der Waals surface area contributed by atoms with Gasteiger partial charge in [0.05, 0.1) is 0 Å². The van der Waals surface area contributed by atoms with Gasteiger partial charge in [-0.2, -0.15) is 0 Å². The number of benzene rings is 1. The Balaban J connectivity index is 1.72. The Morgan fingerprint density at radius 2 is 1.96 bits per heavy atom. The molecule has 0 bridgehead atoms. The van der Waals surface area contributed by atoms with E-state index in [0.29, 0.717) is 12.2 Å². The second-order valence-electron chi connectivity index (χ2n) is 6.56. The van der Waals surface area contributed by atoms with Gasteiger partial charge < -0.3 is 4.90 Å². The molecule has 126 valence electrons. The van der Waals surface area contributed by atoms with Gasteiger partial charge in [0.2, 0.25) is 0 Å². The molecule has 1 amide bonds. The summed E-state index contributed by atoms with van der Waals surface area (Å²) in [6.07, 6.45) is 5.11. The van der Waals surface area contributed by atoms with Crippen molar-refractivity contribution in [3.8, 4) is 0 Å². The first-order valence-corrected chi connectivity index (χ1v) is 8.46. The number of hydrogen-bond donors (Lipinski definition) is 0. The molecule has 2 heterocycles. The summed E-state index contributed by atoms with van der Waals surface area (Å²) in [6.45, 7) is 2.42. The van der Waals surface area contributed by atoms with Crippen molar-refractivity contribution in [3.05, 3.63) is 81.9 Å². The van der Waals surface area contributed by atoms with Gasteiger partial charge in [-0.25, -0.2) is 4.98 Å². The average Bonchev–Trinajstić information content (AvgIpc) is 3.46. The number of carbonyl (C=O) groups is 1. The van der Waals surface area contributed by atoms with Gasteiger partial charge in [-0.3, -0.25) is 14.0 Å². The van der Waals surface area contributed by atoms with E-state index in [1.54, 1.807) is 17.2 Å². The zero-order valence-electron chi connectivity index (χ0n) is 14.1. The molecule has 5 heteroatoms. The SMILES string of the molecule is Cc1ccc2ncc(C(=O)N(Cc3ccccc3)C3CC3)c(=O)n2c1. The molecule has 3 aromatic rings. The third-order valence-corrected chi connectivity index (χ3v) is 4.52. The highest BCUT2D eigenvalue weighted by Gasteiger charge is 2.34. The van der Waals surface area contributed by atoms with Gasteiger partial charge in [-0.15, -0.1) is 0 Å². The van der Waals surface area contributed by atoms with Crippen LogP contribution in [0.2, 0.25) is 0 Å². The maximum Gasteiger partial charge on any atom is 0.270 e. The van der Waals surface area contributed by atoms with Crippen molar-refractivity contribution in [2.45, 2.75) is 32.4 Å². The zero-order chi connectivity index (χ0) is 17.4. The van der Waals surface area contributed by atoms with Crippen LogP contribution in [0.1, 0.15) is 34.3 Å². The predicted octanol–water partition coefficient (Wildman–Crippen LogP) is 2.81. The number of pyridine rings is 1. The minimum atomic E-state index is -0.308. The maximum atomic E-state index is 13.1. The highest BCUT2D eigenvalue weighted by Crippen LogP contribution is 2.29. The minimum absolute atomic E-state index is 0.130. The summed E-state index contributed by atoms with van der Waals surface area (Å²) in [7, 11) is 0. The molecule has 1 fully saturated rings. The van der Waals surface area contributed by atoms with E-state index in [9.17, 15) is 9.59 Å². The van der Waals surface area contributed by atoms with E-state index in [2.05, 4.69) is 4.98 Å². The first kappa shape index (κ1) is 15.6. The molecule has 0 saturated heterocycles. The van der Waals surface area contributed by atoms with Crippen molar-refractivity contribution >= 4 is 11.6 Å². The maximum absolute atomic E-state index is 13.1. The van der Waals surface area contributed by atoms with E-state index in [0.717, 1.165) is 24.0 Å². The van der Waals surface area contributed by atoms with Gasteiger partial charge in [0, 0.05) is 25.0 Å². The Bertz CT molecular complexity index is 991. The molecule has 0 N–H and O–H groups in total. The number of aromatic nitrogens is 2. The Hall–Kier alpha value is -2.95. The fraction of sp³-hybridized carbons (Fsp3) is 0.250. The van der Waals surface area contributed by atoms with Crippen LogP contribution in [-0.4, -0.2) is 26.2 Å². The van der Waals surface area contributed by atoms with Gasteiger partial charge in [0.1, 0.15) is 11.2 Å². The van der Waals surface area contributed by atoms with E-state index in [1.807, 2.05) is 43.3 Å². The molecule has 0 spiro atoms. The predicted molar refractivity (Wildman–Crippen MR) is 95.5 cm³/mol. The molecule has 1 aliphatic carbocycles. The second kappa shape index (κ2) is 6.16. The van der Waals surface area contributed by atoms with Crippen molar-refractivity contribution in [3.63, 3.8) is 0 Å². The summed E-state index contributed by atoms with van der Waals surface area (Å²) in [4.78, 5) is 31.9. The van der Waals surface area contributed by atoms with Crippen LogP contribution in [0.5, 0.6) is 0 Å². The van der Waals surface area contributed by atoms with E-state index in [-0.39, 0.29) is 23.1 Å². The number of carbonyl (C=O) groups excluding carboxylic acids is 1. The van der Waals surface area contributed by atoms with E-state index in [4.69, 9.17) is 0 Å². The van der Waals surface area contributed by atoms with Crippen LogP contribution in [0.25, 0.3) is 5.65 Å². The van der Waals surface area contributed by atoms with Crippen molar-refractivity contribution in [2.24, 2.45) is 0 Å². The molecule has 0 unspecified atom stereocenters. The van der Waals surface area contributed by atoms with Crippen LogP contribution in [-0.2, 0) is 6.54 Å². The number of aryl methyl sites for hydroxylation is 1. The van der Waals surface area contributed by atoms with Crippen molar-refractivity contribution < 1.29 is 4.79 Å². The molecular weight excluding hydrogens is 314 g/mol. The van der Waals surface area contributed by atoms with Crippen molar-refractivity contribution in [1.82, 2.24) is 14.3 Å². The summed E-state index contributed by atoms with van der Waals surface area (Å²) in [6, 6.07) is 13.8. The fourth-order valence-corrected chi connectivity index (χ4v) is 3.02. The minimum Gasteiger partial charge on any atom is -0.331 e. The lowest BCUT2D eigenvalue weighted by Crippen LogP contribution is -2.37. The molecule has 0 aliphatic heterocycles. The van der Waals surface area contributed by atoms with Gasteiger partial charge >= 0.3 is 0 Å². The third kappa shape index (κ3) is 3.05. The Labute approximate surface area is 145 Å². The van der Waals surface area contributed by atoms with E-state index < -0.39 is 0 Å². The first-order valence-electron chi connectivity index (χ1n) is 8.46. The second-order valence-corrected chi connectivity index (χ2v) is 6.56. The molecule has 5 nitrogen and oxygen atoms in total. The highest BCUT2D eigenvalue weighted by molar-refractivity contribution is 5.94. The third-order valence-electron chi connectivity index (χ3n) is 4.52. The van der Waals surface area contributed by atoms with Crippen molar-refractivity contribution in [1.29, 1.82) is 0 Å². The van der Waals surface area contributed by atoms with Crippen LogP contribution in [0.4, 0.5) is 0 Å². The number of fused-ring (bicyclic) bond motifs is 1. The number of nitrogens with zero attached hydrogens (tertiary/aromatic N) is 3. The molecule has 0 radical (unpaired) electrons. The fourth-order valence-electron chi connectivity index (χ4n) is 3.02. The quantitative estimate of drug-likeness (QED) is 0.738. The number of hydrogen-bond acceptors (Lipinski definition) is 3. The molecule has 2 aromatic heterocycles. The molecule has 4 rings (SSSR count). The van der Waals surface area contributed by atoms with E-state index >= 15 is 0 Å². The first-order chi connectivity index (χ1) is 12.1. The molecule has 25 heavy (non-hydrogen) atoms. The van der Waals surface area contributed by atoms with Crippen LogP contribution in [0.15, 0.2) is 59.7 Å². The van der Waals surface area contributed by atoms with E-state index in [1.165, 1.54) is 10.6 Å². The van der Waals surface area contributed by atoms with Crippen molar-refractivity contribution in [2.75, 3.05) is 0 Å². The molecular formula is C20H19N3O2. The summed E-state index contributed by atoms with van der Waals surface area (Å²) in [5, 5.41) is 0. The van der Waals surface area contributed by atoms with Gasteiger partial charge in [-0.05, 0) is 37.0 Å². The topological polar surface area (TPSA) is 54.7 Å². The van der Waals surface area contributed by atoms with Gasteiger partial charge in [0.25, 0.3) is 11.5 Å². The van der Waals surface area contributed by atoms with Crippen LogP contribution in [0.3, 0.4) is 0 Å². The molecule has 1 aliphatic rings. The summed E-state index contributed by atoms with van der Waals surface area (Å²) in [5.74, 6) is -0.236. The molecule has 1 aromatic carbocycles. The lowest BCUT2D eigenvalue weighted by Gasteiger charge is -2.22. The summed E-state index contributed by atoms with van der Waals surface area (Å²) < 4.78 is 1.45. The molecule has 1 saturated carbocycles. The lowest BCUT2D eigenvalue weighted by molar-refractivity contribution is 0.0727. The largest absolute Gasteiger partial charge is 0.331 e. The Kier molecular flexibility index (Phi) is 3.84. The normalized spacial score (nSPS) is 13.8. The highest BCUT2D eigenvalue weighted by atomic mass is 16.2. The van der Waals surface area contributed by atoms with Gasteiger partial charge in [0.15, 0.2) is 0 Å². The number of amides is 1. The zero-order valence-corrected chi connectivity index (χ0v) is 14.1. The standard InChI is InChI=1S/C20H19N3O2/c1-14-7-10-18-21-11-17(20(25)23(18)12-14)19(24)22(16-8-9-16)13-15-5-3-2-4-6-15/h2-7,10-12,16H,8-9,13H2,1H3. The monoisotopic (exact) mass is 333 g/mol.